The van der Waals surface area contributed by atoms with E-state index in [4.69, 9.17) is 4.74 Å². The van der Waals surface area contributed by atoms with Gasteiger partial charge in [0.15, 0.2) is 0 Å². The van der Waals surface area contributed by atoms with Crippen molar-refractivity contribution in [2.45, 2.75) is 71.6 Å². The Hall–Kier alpha value is -2.29. The molecule has 2 aromatic rings. The quantitative estimate of drug-likeness (QED) is 0.645. The number of hydrogen-bond donors (Lipinski definition) is 1. The van der Waals surface area contributed by atoms with Gasteiger partial charge in [0.05, 0.1) is 12.0 Å². The summed E-state index contributed by atoms with van der Waals surface area (Å²) in [5.41, 5.74) is 4.93. The van der Waals surface area contributed by atoms with Crippen LogP contribution >= 0.6 is 0 Å². The molecule has 0 aromatic heterocycles. The van der Waals surface area contributed by atoms with Gasteiger partial charge in [-0.3, -0.25) is 4.79 Å². The highest BCUT2D eigenvalue weighted by Gasteiger charge is 2.41. The van der Waals surface area contributed by atoms with Crippen molar-refractivity contribution < 1.29 is 9.53 Å². The average molecular weight is 380 g/mol. The number of anilines is 1. The molecular formula is C25H33NO2. The van der Waals surface area contributed by atoms with Gasteiger partial charge >= 0.3 is 0 Å². The normalized spacial score (nSPS) is 15.9. The highest BCUT2D eigenvalue weighted by Crippen LogP contribution is 2.41. The zero-order valence-electron chi connectivity index (χ0n) is 17.7. The predicted octanol–water partition coefficient (Wildman–Crippen LogP) is 6.24. The van der Waals surface area contributed by atoms with Crippen LogP contribution in [0.2, 0.25) is 0 Å². The minimum atomic E-state index is -0.427. The molecule has 0 bridgehead atoms. The molecule has 3 heteroatoms. The largest absolute Gasteiger partial charge is 0.493 e. The molecule has 150 valence electrons. The maximum absolute atomic E-state index is 13.5. The number of aryl methyl sites for hydroxylation is 3. The van der Waals surface area contributed by atoms with Crippen LogP contribution in [0.4, 0.5) is 5.69 Å². The molecule has 3 rings (SSSR count). The number of carbonyl (C=O) groups excluding carboxylic acids is 1. The number of nitrogens with one attached hydrogen (secondary N) is 1. The van der Waals surface area contributed by atoms with Crippen molar-refractivity contribution in [1.29, 1.82) is 0 Å². The lowest BCUT2D eigenvalue weighted by Crippen LogP contribution is -2.42. The zero-order valence-corrected chi connectivity index (χ0v) is 17.7. The molecule has 1 N–H and O–H groups in total. The number of carbonyl (C=O) groups is 1. The minimum Gasteiger partial charge on any atom is -0.493 e. The standard InChI is InChI=1S/C25H33NO2/c1-5-14-28-23-19(3)16-22(17-20(23)4)26-24(27)25(12-7-6-8-13-25)21-11-9-10-18(2)15-21/h9-11,15-17H,5-8,12-14H2,1-4H3,(H,26,27). The van der Waals surface area contributed by atoms with Gasteiger partial charge in [0.1, 0.15) is 5.75 Å². The Morgan fingerprint density at radius 3 is 2.32 bits per heavy atom. The van der Waals surface area contributed by atoms with Crippen molar-refractivity contribution in [3.8, 4) is 5.75 Å². The van der Waals surface area contributed by atoms with E-state index >= 15 is 0 Å². The van der Waals surface area contributed by atoms with Crippen LogP contribution in [0, 0.1) is 20.8 Å². The molecule has 0 unspecified atom stereocenters. The lowest BCUT2D eigenvalue weighted by Gasteiger charge is -2.36. The van der Waals surface area contributed by atoms with Crippen LogP contribution in [0.3, 0.4) is 0 Å². The summed E-state index contributed by atoms with van der Waals surface area (Å²) in [7, 11) is 0. The molecule has 1 aliphatic rings. The van der Waals surface area contributed by atoms with E-state index in [-0.39, 0.29) is 5.91 Å². The zero-order chi connectivity index (χ0) is 20.1. The first-order valence-electron chi connectivity index (χ1n) is 10.6. The first kappa shape index (κ1) is 20.4. The van der Waals surface area contributed by atoms with E-state index in [2.05, 4.69) is 43.4 Å². The van der Waals surface area contributed by atoms with Gasteiger partial charge in [0, 0.05) is 5.69 Å². The molecule has 1 fully saturated rings. The predicted molar refractivity (Wildman–Crippen MR) is 116 cm³/mol. The van der Waals surface area contributed by atoms with E-state index in [1.807, 2.05) is 26.0 Å². The molecule has 2 aromatic carbocycles. The van der Waals surface area contributed by atoms with Crippen LogP contribution in [0.25, 0.3) is 0 Å². The lowest BCUT2D eigenvalue weighted by molar-refractivity contribution is -0.122. The summed E-state index contributed by atoms with van der Waals surface area (Å²) < 4.78 is 5.88. The van der Waals surface area contributed by atoms with Crippen molar-refractivity contribution in [3.63, 3.8) is 0 Å². The Balaban J connectivity index is 1.89. The molecule has 3 nitrogen and oxygen atoms in total. The van der Waals surface area contributed by atoms with E-state index in [1.165, 1.54) is 12.0 Å². The third-order valence-corrected chi connectivity index (χ3v) is 5.88. The Labute approximate surface area is 169 Å². The Morgan fingerprint density at radius 2 is 1.71 bits per heavy atom. The van der Waals surface area contributed by atoms with E-state index in [0.29, 0.717) is 6.61 Å². The van der Waals surface area contributed by atoms with Crippen molar-refractivity contribution in [2.24, 2.45) is 0 Å². The van der Waals surface area contributed by atoms with Crippen LogP contribution in [-0.4, -0.2) is 12.5 Å². The van der Waals surface area contributed by atoms with Crippen molar-refractivity contribution in [2.75, 3.05) is 11.9 Å². The van der Waals surface area contributed by atoms with Gasteiger partial charge in [-0.2, -0.15) is 0 Å². The second-order valence-electron chi connectivity index (χ2n) is 8.25. The second-order valence-corrected chi connectivity index (χ2v) is 8.25. The van der Waals surface area contributed by atoms with Crippen LogP contribution in [-0.2, 0) is 10.2 Å². The van der Waals surface area contributed by atoms with Gasteiger partial charge in [-0.05, 0) is 68.9 Å². The van der Waals surface area contributed by atoms with Crippen molar-refractivity contribution in [3.05, 3.63) is 58.7 Å². The van der Waals surface area contributed by atoms with E-state index in [9.17, 15) is 4.79 Å². The monoisotopic (exact) mass is 379 g/mol. The number of rotatable bonds is 6. The minimum absolute atomic E-state index is 0.124. The summed E-state index contributed by atoms with van der Waals surface area (Å²) in [6, 6.07) is 12.5. The topological polar surface area (TPSA) is 38.3 Å². The summed E-state index contributed by atoms with van der Waals surface area (Å²) in [5.74, 6) is 1.06. The fraction of sp³-hybridized carbons (Fsp3) is 0.480. The fourth-order valence-electron chi connectivity index (χ4n) is 4.45. The summed E-state index contributed by atoms with van der Waals surface area (Å²) in [4.78, 5) is 13.5. The van der Waals surface area contributed by atoms with Gasteiger partial charge in [0.25, 0.3) is 0 Å². The first-order chi connectivity index (χ1) is 13.5. The third-order valence-electron chi connectivity index (χ3n) is 5.88. The van der Waals surface area contributed by atoms with E-state index in [1.54, 1.807) is 0 Å². The Bertz CT molecular complexity index is 811. The van der Waals surface area contributed by atoms with Gasteiger partial charge < -0.3 is 10.1 Å². The summed E-state index contributed by atoms with van der Waals surface area (Å²) >= 11 is 0. The van der Waals surface area contributed by atoms with Crippen molar-refractivity contribution >= 4 is 11.6 Å². The van der Waals surface area contributed by atoms with Gasteiger partial charge in [-0.15, -0.1) is 0 Å². The fourth-order valence-corrected chi connectivity index (χ4v) is 4.45. The molecule has 1 amide bonds. The SMILES string of the molecule is CCCOc1c(C)cc(NC(=O)C2(c3cccc(C)c3)CCCCC2)cc1C. The van der Waals surface area contributed by atoms with Crippen LogP contribution in [0.15, 0.2) is 36.4 Å². The van der Waals surface area contributed by atoms with Gasteiger partial charge in [-0.25, -0.2) is 0 Å². The second kappa shape index (κ2) is 8.81. The number of amides is 1. The van der Waals surface area contributed by atoms with Crippen molar-refractivity contribution in [1.82, 2.24) is 0 Å². The van der Waals surface area contributed by atoms with E-state index < -0.39 is 5.41 Å². The van der Waals surface area contributed by atoms with Crippen LogP contribution < -0.4 is 10.1 Å². The smallest absolute Gasteiger partial charge is 0.235 e. The van der Waals surface area contributed by atoms with Crippen LogP contribution in [0.1, 0.15) is 67.7 Å². The molecule has 0 heterocycles. The molecule has 0 spiro atoms. The number of hydrogen-bond acceptors (Lipinski definition) is 2. The molecule has 0 aliphatic heterocycles. The highest BCUT2D eigenvalue weighted by molar-refractivity contribution is 5.99. The molecule has 28 heavy (non-hydrogen) atoms. The maximum atomic E-state index is 13.5. The number of ether oxygens (including phenoxy) is 1. The summed E-state index contributed by atoms with van der Waals surface area (Å²) in [6.07, 6.45) is 6.22. The van der Waals surface area contributed by atoms with Gasteiger partial charge in [0.2, 0.25) is 5.91 Å². The highest BCUT2D eigenvalue weighted by atomic mass is 16.5. The first-order valence-corrected chi connectivity index (χ1v) is 10.6. The van der Waals surface area contributed by atoms with Crippen LogP contribution in [0.5, 0.6) is 5.75 Å². The van der Waals surface area contributed by atoms with Gasteiger partial charge in [-0.1, -0.05) is 56.0 Å². The average Bonchev–Trinajstić information content (AvgIpc) is 2.68. The summed E-state index contributed by atoms with van der Waals surface area (Å²) in [6.45, 7) is 9.01. The Kier molecular flexibility index (Phi) is 6.43. The summed E-state index contributed by atoms with van der Waals surface area (Å²) in [5, 5.41) is 3.24. The molecule has 0 saturated heterocycles. The lowest BCUT2D eigenvalue weighted by atomic mass is 9.68. The molecule has 0 radical (unpaired) electrons. The van der Waals surface area contributed by atoms with E-state index in [0.717, 1.165) is 60.2 Å². The molecular weight excluding hydrogens is 346 g/mol. The molecule has 1 aliphatic carbocycles. The molecule has 0 atom stereocenters. The third kappa shape index (κ3) is 4.24. The Morgan fingerprint density at radius 1 is 1.04 bits per heavy atom. The molecule has 1 saturated carbocycles. The maximum Gasteiger partial charge on any atom is 0.235 e. The number of benzene rings is 2.